The number of carbonyl (C=O) groups excluding carboxylic acids is 1. The number of aliphatic imine (C=N–C) groups is 1. The SMILES string of the molecule is Cc1cccc(-c2ccccc2CC2N=C(c3cc(O)n(O)c(=O)c3)c3cc(Cl)ccc3NC2=O)c1. The van der Waals surface area contributed by atoms with Gasteiger partial charge in [-0.1, -0.05) is 65.7 Å². The summed E-state index contributed by atoms with van der Waals surface area (Å²) in [5, 5.41) is 23.1. The van der Waals surface area contributed by atoms with Gasteiger partial charge in [0.15, 0.2) is 0 Å². The number of halogens is 1. The van der Waals surface area contributed by atoms with Crippen molar-refractivity contribution in [3.8, 4) is 17.0 Å². The second kappa shape index (κ2) is 9.36. The maximum absolute atomic E-state index is 13.3. The second-order valence-corrected chi connectivity index (χ2v) is 9.09. The molecule has 1 amide bonds. The fourth-order valence-electron chi connectivity index (χ4n) is 4.38. The van der Waals surface area contributed by atoms with Crippen LogP contribution in [-0.2, 0) is 11.2 Å². The van der Waals surface area contributed by atoms with Gasteiger partial charge in [0.25, 0.3) is 5.56 Å². The largest absolute Gasteiger partial charge is 0.492 e. The Balaban J connectivity index is 1.64. The second-order valence-electron chi connectivity index (χ2n) is 8.66. The Morgan fingerprint density at radius 3 is 2.53 bits per heavy atom. The van der Waals surface area contributed by atoms with Crippen LogP contribution < -0.4 is 10.9 Å². The summed E-state index contributed by atoms with van der Waals surface area (Å²) in [6, 6.07) is 22.5. The molecule has 3 aromatic carbocycles. The molecule has 5 rings (SSSR count). The van der Waals surface area contributed by atoms with Gasteiger partial charge in [-0.05, 0) is 41.8 Å². The Labute approximate surface area is 211 Å². The number of aryl methyl sites for hydroxylation is 1. The summed E-state index contributed by atoms with van der Waals surface area (Å²) in [7, 11) is 0. The van der Waals surface area contributed by atoms with E-state index in [-0.39, 0.29) is 16.2 Å². The van der Waals surface area contributed by atoms with E-state index in [0.29, 0.717) is 28.4 Å². The molecule has 36 heavy (non-hydrogen) atoms. The van der Waals surface area contributed by atoms with Gasteiger partial charge in [-0.15, -0.1) is 4.73 Å². The molecule has 7 nitrogen and oxygen atoms in total. The zero-order valence-electron chi connectivity index (χ0n) is 19.3. The lowest BCUT2D eigenvalue weighted by atomic mass is 9.94. The van der Waals surface area contributed by atoms with Crippen molar-refractivity contribution in [1.29, 1.82) is 0 Å². The summed E-state index contributed by atoms with van der Waals surface area (Å²) >= 11 is 6.25. The molecule has 0 bridgehead atoms. The molecule has 2 heterocycles. The first-order valence-corrected chi connectivity index (χ1v) is 11.7. The fourth-order valence-corrected chi connectivity index (χ4v) is 4.55. The molecular formula is C28H22ClN3O4. The highest BCUT2D eigenvalue weighted by Crippen LogP contribution is 2.30. The smallest absolute Gasteiger partial charge is 0.286 e. The van der Waals surface area contributed by atoms with Gasteiger partial charge in [-0.3, -0.25) is 14.6 Å². The van der Waals surface area contributed by atoms with Crippen molar-refractivity contribution < 1.29 is 15.1 Å². The van der Waals surface area contributed by atoms with Crippen LogP contribution in [0.2, 0.25) is 5.02 Å². The van der Waals surface area contributed by atoms with E-state index in [2.05, 4.69) is 11.4 Å². The number of amides is 1. The minimum Gasteiger partial charge on any atom is -0.492 e. The van der Waals surface area contributed by atoms with Crippen LogP contribution in [0.1, 0.15) is 22.3 Å². The number of hydrogen-bond donors (Lipinski definition) is 3. The van der Waals surface area contributed by atoms with Crippen molar-refractivity contribution in [2.24, 2.45) is 4.99 Å². The Morgan fingerprint density at radius 2 is 1.75 bits per heavy atom. The van der Waals surface area contributed by atoms with Crippen molar-refractivity contribution in [2.75, 3.05) is 5.32 Å². The van der Waals surface area contributed by atoms with Gasteiger partial charge in [0.2, 0.25) is 11.8 Å². The highest BCUT2D eigenvalue weighted by Gasteiger charge is 2.28. The van der Waals surface area contributed by atoms with Crippen LogP contribution in [0.25, 0.3) is 11.1 Å². The Morgan fingerprint density at radius 1 is 0.944 bits per heavy atom. The van der Waals surface area contributed by atoms with Crippen LogP contribution >= 0.6 is 11.6 Å². The van der Waals surface area contributed by atoms with Gasteiger partial charge in [-0.25, -0.2) is 0 Å². The highest BCUT2D eigenvalue weighted by molar-refractivity contribution is 6.32. The molecular weight excluding hydrogens is 478 g/mol. The number of benzodiazepines with no additional fused rings is 1. The zero-order valence-corrected chi connectivity index (χ0v) is 20.0. The number of nitrogens with zero attached hydrogens (tertiary/aromatic N) is 2. The number of aromatic nitrogens is 1. The predicted molar refractivity (Wildman–Crippen MR) is 139 cm³/mol. The zero-order chi connectivity index (χ0) is 25.4. The quantitative estimate of drug-likeness (QED) is 0.350. The number of aromatic hydroxyl groups is 1. The molecule has 1 atom stereocenters. The number of nitrogens with one attached hydrogen (secondary N) is 1. The van der Waals surface area contributed by atoms with Crippen molar-refractivity contribution >= 4 is 28.9 Å². The summed E-state index contributed by atoms with van der Waals surface area (Å²) in [6.07, 6.45) is 0.296. The molecule has 180 valence electrons. The Kier molecular flexibility index (Phi) is 6.08. The predicted octanol–water partition coefficient (Wildman–Crippen LogP) is 4.82. The van der Waals surface area contributed by atoms with Crippen molar-refractivity contribution in [1.82, 2.24) is 4.73 Å². The standard InChI is InChI=1S/C28H22ClN3O4/c1-16-5-4-7-17(11-16)21-8-3-2-6-18(21)12-24-28(35)31-23-10-9-20(29)15-22(23)27(30-24)19-13-25(33)32(36)26(34)14-19/h2-11,13-15,24,33,36H,12H2,1H3,(H,31,35). The third kappa shape index (κ3) is 4.48. The van der Waals surface area contributed by atoms with Gasteiger partial charge in [0.05, 0.1) is 11.4 Å². The minimum atomic E-state index is -0.837. The monoisotopic (exact) mass is 499 g/mol. The van der Waals surface area contributed by atoms with E-state index in [1.165, 1.54) is 6.07 Å². The van der Waals surface area contributed by atoms with Crippen LogP contribution in [0, 0.1) is 6.92 Å². The lowest BCUT2D eigenvalue weighted by Gasteiger charge is -2.15. The molecule has 1 aromatic heterocycles. The normalized spacial score (nSPS) is 15.0. The number of pyridine rings is 1. The third-order valence-corrected chi connectivity index (χ3v) is 6.34. The van der Waals surface area contributed by atoms with E-state index in [1.54, 1.807) is 18.2 Å². The maximum Gasteiger partial charge on any atom is 0.286 e. The topological polar surface area (TPSA) is 104 Å². The number of hydrogen-bond acceptors (Lipinski definition) is 5. The van der Waals surface area contributed by atoms with Crippen LogP contribution in [0.4, 0.5) is 5.69 Å². The van der Waals surface area contributed by atoms with Gasteiger partial charge in [0, 0.05) is 34.7 Å². The molecule has 0 aliphatic carbocycles. The number of rotatable bonds is 4. The molecule has 1 unspecified atom stereocenters. The molecule has 1 aliphatic heterocycles. The Bertz CT molecular complexity index is 1590. The van der Waals surface area contributed by atoms with E-state index in [9.17, 15) is 19.9 Å². The molecule has 0 saturated carbocycles. The van der Waals surface area contributed by atoms with Crippen LogP contribution in [0.15, 0.2) is 88.6 Å². The summed E-state index contributed by atoms with van der Waals surface area (Å²) in [6.45, 7) is 2.03. The first-order chi connectivity index (χ1) is 17.3. The molecule has 0 spiro atoms. The maximum atomic E-state index is 13.3. The highest BCUT2D eigenvalue weighted by atomic mass is 35.5. The first-order valence-electron chi connectivity index (χ1n) is 11.3. The van der Waals surface area contributed by atoms with Gasteiger partial charge >= 0.3 is 0 Å². The average Bonchev–Trinajstić information content (AvgIpc) is 2.99. The number of anilines is 1. The molecule has 8 heteroatoms. The van der Waals surface area contributed by atoms with Crippen molar-refractivity contribution in [2.45, 2.75) is 19.4 Å². The Hall–Kier alpha value is -4.36. The average molecular weight is 500 g/mol. The third-order valence-electron chi connectivity index (χ3n) is 6.10. The molecule has 0 fully saturated rings. The van der Waals surface area contributed by atoms with Gasteiger partial charge in [-0.2, -0.15) is 0 Å². The first kappa shape index (κ1) is 23.4. The van der Waals surface area contributed by atoms with Crippen LogP contribution in [-0.4, -0.2) is 32.7 Å². The number of carbonyl (C=O) groups is 1. The fraction of sp³-hybridized carbons (Fsp3) is 0.107. The van der Waals surface area contributed by atoms with E-state index in [4.69, 9.17) is 16.6 Å². The van der Waals surface area contributed by atoms with Crippen LogP contribution in [0.5, 0.6) is 5.88 Å². The van der Waals surface area contributed by atoms with E-state index in [1.807, 2.05) is 49.4 Å². The summed E-state index contributed by atoms with van der Waals surface area (Å²) in [5.41, 5.74) is 4.79. The van der Waals surface area contributed by atoms with E-state index < -0.39 is 17.5 Å². The number of fused-ring (bicyclic) bond motifs is 1. The number of benzene rings is 3. The molecule has 0 radical (unpaired) electrons. The summed E-state index contributed by atoms with van der Waals surface area (Å²) in [4.78, 5) is 30.3. The minimum absolute atomic E-state index is 0.138. The van der Waals surface area contributed by atoms with Gasteiger partial charge in [0.1, 0.15) is 6.04 Å². The summed E-state index contributed by atoms with van der Waals surface area (Å²) in [5.74, 6) is -0.957. The van der Waals surface area contributed by atoms with Crippen molar-refractivity contribution in [3.05, 3.63) is 116 Å². The lowest BCUT2D eigenvalue weighted by molar-refractivity contribution is -0.117. The van der Waals surface area contributed by atoms with Crippen LogP contribution in [0.3, 0.4) is 0 Å². The van der Waals surface area contributed by atoms with E-state index in [0.717, 1.165) is 28.3 Å². The molecule has 4 aromatic rings. The van der Waals surface area contributed by atoms with Crippen molar-refractivity contribution in [3.63, 3.8) is 0 Å². The lowest BCUT2D eigenvalue weighted by Crippen LogP contribution is -2.28. The summed E-state index contributed by atoms with van der Waals surface area (Å²) < 4.78 is 0.138. The molecule has 1 aliphatic rings. The molecule has 3 N–H and O–H groups in total. The van der Waals surface area contributed by atoms with Gasteiger partial charge < -0.3 is 15.6 Å². The van der Waals surface area contributed by atoms with E-state index >= 15 is 0 Å². The molecule has 0 saturated heterocycles.